The van der Waals surface area contributed by atoms with Crippen molar-refractivity contribution >= 4 is 26.9 Å². The molecule has 0 aromatic carbocycles. The fourth-order valence-electron chi connectivity index (χ4n) is 4.44. The van der Waals surface area contributed by atoms with E-state index in [1.54, 1.807) is 22.9 Å². The van der Waals surface area contributed by atoms with E-state index < -0.39 is 15.8 Å². The van der Waals surface area contributed by atoms with Gasteiger partial charge in [0.25, 0.3) is 0 Å². The highest BCUT2D eigenvalue weighted by molar-refractivity contribution is 7.03. The Morgan fingerprint density at radius 3 is 1.50 bits per heavy atom. The molecule has 144 valence electrons. The van der Waals surface area contributed by atoms with Crippen molar-refractivity contribution in [3.05, 3.63) is 82.0 Å². The van der Waals surface area contributed by atoms with Crippen LogP contribution in [0.5, 0.6) is 0 Å². The van der Waals surface area contributed by atoms with E-state index in [1.165, 1.54) is 22.3 Å². The van der Waals surface area contributed by atoms with E-state index in [9.17, 15) is 0 Å². The molecule has 0 bridgehead atoms. The Bertz CT molecular complexity index is 974. The molecule has 0 saturated heterocycles. The van der Waals surface area contributed by atoms with Gasteiger partial charge >= 0.3 is 0 Å². The molecule has 2 aliphatic carbocycles. The highest BCUT2D eigenvalue weighted by Crippen LogP contribution is 2.44. The SMILES string of the molecule is CC1=CC(c2ccco2)=C([Si](C2=C(c3ccco3)C=C(C)C2C)=[Si](C)C)C1C. The number of rotatable bonds is 4. The van der Waals surface area contributed by atoms with Gasteiger partial charge in [-0.1, -0.05) is 50.2 Å². The van der Waals surface area contributed by atoms with Gasteiger partial charge in [0, 0.05) is 11.1 Å². The summed E-state index contributed by atoms with van der Waals surface area (Å²) in [7, 11) is -1.45. The average Bonchev–Trinajstić information content (AvgIpc) is 3.43. The molecule has 2 aliphatic rings. The monoisotopic (exact) mass is 404 g/mol. The van der Waals surface area contributed by atoms with Crippen molar-refractivity contribution in [2.45, 2.75) is 40.8 Å². The van der Waals surface area contributed by atoms with E-state index in [2.05, 4.69) is 65.1 Å². The summed E-state index contributed by atoms with van der Waals surface area (Å²) in [5.41, 5.74) is 5.56. The minimum absolute atomic E-state index is 0.479. The summed E-state index contributed by atoms with van der Waals surface area (Å²) in [5.74, 6) is 2.99. The van der Waals surface area contributed by atoms with Crippen molar-refractivity contribution in [1.82, 2.24) is 0 Å². The van der Waals surface area contributed by atoms with Crippen molar-refractivity contribution in [2.24, 2.45) is 11.8 Å². The second-order valence-corrected chi connectivity index (χ2v) is 16.5. The average molecular weight is 405 g/mol. The molecule has 0 radical (unpaired) electrons. The third-order valence-corrected chi connectivity index (χ3v) is 14.3. The Morgan fingerprint density at radius 1 is 0.750 bits per heavy atom. The van der Waals surface area contributed by atoms with Gasteiger partial charge in [0.1, 0.15) is 11.5 Å². The first-order chi connectivity index (χ1) is 13.4. The van der Waals surface area contributed by atoms with E-state index >= 15 is 0 Å². The Morgan fingerprint density at radius 2 is 1.18 bits per heavy atom. The van der Waals surface area contributed by atoms with Gasteiger partial charge in [-0.2, -0.15) is 0 Å². The molecular formula is C24H28O2Si2. The lowest BCUT2D eigenvalue weighted by molar-refractivity contribution is 0.554. The lowest BCUT2D eigenvalue weighted by Crippen LogP contribution is -2.26. The van der Waals surface area contributed by atoms with Crippen LogP contribution in [0.4, 0.5) is 0 Å². The van der Waals surface area contributed by atoms with Crippen LogP contribution in [0.25, 0.3) is 11.1 Å². The van der Waals surface area contributed by atoms with Crippen molar-refractivity contribution in [2.75, 3.05) is 0 Å². The van der Waals surface area contributed by atoms with E-state index in [0.29, 0.717) is 11.8 Å². The third-order valence-electron chi connectivity index (χ3n) is 6.17. The largest absolute Gasteiger partial charge is 0.464 e. The molecule has 4 heteroatoms. The molecule has 0 amide bonds. The van der Waals surface area contributed by atoms with Crippen LogP contribution < -0.4 is 0 Å². The van der Waals surface area contributed by atoms with Gasteiger partial charge in [0.05, 0.1) is 20.4 Å². The molecule has 4 rings (SSSR count). The van der Waals surface area contributed by atoms with Gasteiger partial charge in [-0.05, 0) is 68.2 Å². The molecule has 2 atom stereocenters. The van der Waals surface area contributed by atoms with Gasteiger partial charge < -0.3 is 8.83 Å². The van der Waals surface area contributed by atoms with Crippen molar-refractivity contribution in [3.63, 3.8) is 0 Å². The molecule has 0 N–H and O–H groups in total. The predicted octanol–water partition coefficient (Wildman–Crippen LogP) is 6.68. The van der Waals surface area contributed by atoms with E-state index in [1.807, 2.05) is 12.1 Å². The second-order valence-electron chi connectivity index (χ2n) is 8.20. The molecule has 2 aromatic rings. The zero-order valence-electron chi connectivity index (χ0n) is 17.6. The Kier molecular flexibility index (Phi) is 5.10. The Hall–Kier alpha value is -2.05. The van der Waals surface area contributed by atoms with Crippen LogP contribution >= 0.6 is 0 Å². The summed E-state index contributed by atoms with van der Waals surface area (Å²) < 4.78 is 11.7. The lowest BCUT2D eigenvalue weighted by atomic mass is 10.1. The maximum atomic E-state index is 5.86. The van der Waals surface area contributed by atoms with Gasteiger partial charge in [0.15, 0.2) is 0 Å². The fourth-order valence-corrected chi connectivity index (χ4v) is 13.4. The lowest BCUT2D eigenvalue weighted by Gasteiger charge is -2.24. The molecule has 0 spiro atoms. The number of hydrogen-bond donors (Lipinski definition) is 0. The van der Waals surface area contributed by atoms with E-state index in [4.69, 9.17) is 8.83 Å². The van der Waals surface area contributed by atoms with Crippen LogP contribution in [0.3, 0.4) is 0 Å². The summed E-state index contributed by atoms with van der Waals surface area (Å²) >= 11 is 0. The molecular weight excluding hydrogens is 376 g/mol. The molecule has 2 unspecified atom stereocenters. The molecule has 0 saturated carbocycles. The highest BCUT2D eigenvalue weighted by atomic mass is 28.9. The minimum atomic E-state index is -0.889. The zero-order valence-corrected chi connectivity index (χ0v) is 19.6. The maximum absolute atomic E-state index is 5.86. The normalized spacial score (nSPS) is 22.1. The molecule has 2 aromatic heterocycles. The first-order valence-electron chi connectivity index (χ1n) is 10.0. The topological polar surface area (TPSA) is 26.3 Å². The summed E-state index contributed by atoms with van der Waals surface area (Å²) in [5, 5.41) is 3.26. The van der Waals surface area contributed by atoms with Gasteiger partial charge in [-0.3, -0.25) is 0 Å². The smallest absolute Gasteiger partial charge is 0.133 e. The molecule has 28 heavy (non-hydrogen) atoms. The Balaban J connectivity index is 1.98. The first-order valence-corrected chi connectivity index (χ1v) is 15.0. The molecule has 2 heterocycles. The van der Waals surface area contributed by atoms with Crippen molar-refractivity contribution in [1.29, 1.82) is 0 Å². The quantitative estimate of drug-likeness (QED) is 0.531. The summed E-state index contributed by atoms with van der Waals surface area (Å²) in [6, 6.07) is 8.22. The number of allylic oxidation sites excluding steroid dienone is 8. The number of furan rings is 2. The van der Waals surface area contributed by atoms with Crippen molar-refractivity contribution in [3.8, 4) is 0 Å². The van der Waals surface area contributed by atoms with E-state index in [0.717, 1.165) is 11.5 Å². The number of hydrogen-bond acceptors (Lipinski definition) is 2. The highest BCUT2D eigenvalue weighted by Gasteiger charge is 2.34. The van der Waals surface area contributed by atoms with Crippen LogP contribution in [0.2, 0.25) is 13.1 Å². The summed E-state index contributed by atoms with van der Waals surface area (Å²) in [6.07, 6.45) is 8.31. The molecule has 0 aliphatic heterocycles. The van der Waals surface area contributed by atoms with E-state index in [-0.39, 0.29) is 0 Å². The van der Waals surface area contributed by atoms with Gasteiger partial charge in [-0.25, -0.2) is 0 Å². The van der Waals surface area contributed by atoms with Crippen LogP contribution in [0, 0.1) is 11.8 Å². The van der Waals surface area contributed by atoms with Gasteiger partial charge in [0.2, 0.25) is 0 Å². The Labute approximate surface area is 170 Å². The standard InChI is InChI=1S/C24H28O2Si2/c1-15-13-19(21-9-7-11-25-21)23(17(15)3)28(27(5)6)24-18(4)16(2)14-20(24)22-10-8-12-26-22/h7-14,17-18H,1-6H3. The minimum Gasteiger partial charge on any atom is -0.464 e. The summed E-state index contributed by atoms with van der Waals surface area (Å²) in [6.45, 7) is 14.3. The summed E-state index contributed by atoms with van der Waals surface area (Å²) in [4.78, 5) is 0. The predicted molar refractivity (Wildman–Crippen MR) is 120 cm³/mol. The van der Waals surface area contributed by atoms with Crippen LogP contribution in [-0.4, -0.2) is 15.8 Å². The zero-order chi connectivity index (χ0) is 20.0. The molecule has 2 nitrogen and oxygen atoms in total. The second kappa shape index (κ2) is 7.41. The van der Waals surface area contributed by atoms with Gasteiger partial charge in [-0.15, -0.1) is 0 Å². The molecule has 0 fully saturated rings. The van der Waals surface area contributed by atoms with Crippen LogP contribution in [0.1, 0.15) is 39.2 Å². The van der Waals surface area contributed by atoms with Crippen molar-refractivity contribution < 1.29 is 8.83 Å². The van der Waals surface area contributed by atoms with Crippen LogP contribution in [-0.2, 0) is 0 Å². The first kappa shape index (κ1) is 19.3. The van der Waals surface area contributed by atoms with Crippen LogP contribution in [0.15, 0.2) is 79.3 Å². The fraction of sp³-hybridized carbons (Fsp3) is 0.333. The maximum Gasteiger partial charge on any atom is 0.133 e. The third kappa shape index (κ3) is 3.09.